The smallest absolute Gasteiger partial charge is 0.197 e. The van der Waals surface area contributed by atoms with Gasteiger partial charge in [0.2, 0.25) is 0 Å². The predicted octanol–water partition coefficient (Wildman–Crippen LogP) is 7.61. The number of carbonyl (C=O) groups is 1. The Balaban J connectivity index is 2.28. The molecule has 2 aromatic carbocycles. The van der Waals surface area contributed by atoms with Crippen LogP contribution < -0.4 is 9.47 Å². The van der Waals surface area contributed by atoms with Gasteiger partial charge in [0.1, 0.15) is 22.7 Å². The zero-order valence-corrected chi connectivity index (χ0v) is 24.0. The lowest BCUT2D eigenvalue weighted by atomic mass is 9.79. The zero-order valence-electron chi connectivity index (χ0n) is 24.0. The van der Waals surface area contributed by atoms with Gasteiger partial charge in [-0.2, -0.15) is 0 Å². The molecule has 0 aromatic heterocycles. The van der Waals surface area contributed by atoms with Gasteiger partial charge in [0.25, 0.3) is 0 Å². The van der Waals surface area contributed by atoms with E-state index in [2.05, 4.69) is 0 Å². The van der Waals surface area contributed by atoms with Crippen LogP contribution in [0.25, 0.3) is 0 Å². The largest absolute Gasteiger partial charge is 0.507 e. The predicted molar refractivity (Wildman–Crippen MR) is 149 cm³/mol. The molecule has 0 radical (unpaired) electrons. The summed E-state index contributed by atoms with van der Waals surface area (Å²) in [4.78, 5) is 14.0. The molecule has 2 aromatic rings. The first-order valence-corrected chi connectivity index (χ1v) is 12.9. The lowest BCUT2D eigenvalue weighted by Crippen LogP contribution is -2.25. The van der Waals surface area contributed by atoms with Crippen LogP contribution in [0.15, 0.2) is 35.4 Å². The van der Waals surface area contributed by atoms with Crippen molar-refractivity contribution in [2.24, 2.45) is 0 Å². The molecule has 200 valence electrons. The molecule has 37 heavy (non-hydrogen) atoms. The van der Waals surface area contributed by atoms with E-state index < -0.39 is 11.2 Å². The van der Waals surface area contributed by atoms with Gasteiger partial charge in [0, 0.05) is 16.7 Å². The van der Waals surface area contributed by atoms with E-state index in [1.165, 1.54) is 0 Å². The van der Waals surface area contributed by atoms with Crippen LogP contribution in [-0.4, -0.2) is 27.2 Å². The molecule has 0 saturated carbocycles. The minimum atomic E-state index is -0.526. The molecule has 1 aliphatic carbocycles. The number of rotatable bonds is 6. The van der Waals surface area contributed by atoms with Gasteiger partial charge in [-0.15, -0.1) is 0 Å². The number of aromatic hydroxyl groups is 2. The highest BCUT2D eigenvalue weighted by molar-refractivity contribution is 6.15. The van der Waals surface area contributed by atoms with Crippen molar-refractivity contribution < 1.29 is 24.5 Å². The lowest BCUT2D eigenvalue weighted by Gasteiger charge is -2.29. The molecule has 0 aliphatic heterocycles. The molecule has 0 unspecified atom stereocenters. The molecule has 0 heterocycles. The van der Waals surface area contributed by atoms with Gasteiger partial charge in [-0.25, -0.2) is 0 Å². The van der Waals surface area contributed by atoms with Gasteiger partial charge in [-0.05, 0) is 112 Å². The first-order chi connectivity index (χ1) is 17.0. The number of ether oxygens (including phenoxy) is 2. The first kappa shape index (κ1) is 28.4. The number of allylic oxidation sites excluding steroid dienone is 4. The van der Waals surface area contributed by atoms with Gasteiger partial charge in [0.05, 0.1) is 5.56 Å². The van der Waals surface area contributed by atoms with Crippen LogP contribution in [0, 0.1) is 0 Å². The Morgan fingerprint density at radius 1 is 0.757 bits per heavy atom. The highest BCUT2D eigenvalue weighted by atomic mass is 16.5. The van der Waals surface area contributed by atoms with Crippen LogP contribution in [0.1, 0.15) is 107 Å². The Labute approximate surface area is 221 Å². The summed E-state index contributed by atoms with van der Waals surface area (Å²) in [6.45, 7) is 19.6. The Bertz CT molecular complexity index is 1270. The normalized spacial score (nSPS) is 13.0. The third-order valence-electron chi connectivity index (χ3n) is 5.99. The highest BCUT2D eigenvalue weighted by Crippen LogP contribution is 2.46. The molecule has 0 atom stereocenters. The Morgan fingerprint density at radius 3 is 1.73 bits per heavy atom. The van der Waals surface area contributed by atoms with E-state index in [1.54, 1.807) is 6.07 Å². The molecule has 5 nitrogen and oxygen atoms in total. The van der Waals surface area contributed by atoms with Crippen molar-refractivity contribution in [3.63, 3.8) is 0 Å². The average molecular weight is 507 g/mol. The molecular weight excluding hydrogens is 464 g/mol. The summed E-state index contributed by atoms with van der Waals surface area (Å²) in [5.41, 5.74) is 4.50. The molecule has 3 rings (SSSR count). The van der Waals surface area contributed by atoms with Crippen LogP contribution in [0.2, 0.25) is 0 Å². The fourth-order valence-corrected chi connectivity index (χ4v) is 4.48. The lowest BCUT2D eigenvalue weighted by molar-refractivity contribution is 0.102. The quantitative estimate of drug-likeness (QED) is 0.337. The fourth-order valence-electron chi connectivity index (χ4n) is 4.48. The average Bonchev–Trinajstić information content (AvgIpc) is 2.71. The molecule has 0 bridgehead atoms. The molecule has 0 amide bonds. The number of phenols is 2. The number of hydrogen-bond donors (Lipinski definition) is 2. The minimum Gasteiger partial charge on any atom is -0.507 e. The molecule has 0 spiro atoms. The van der Waals surface area contributed by atoms with Crippen molar-refractivity contribution in [1.29, 1.82) is 0 Å². The summed E-state index contributed by atoms with van der Waals surface area (Å²) in [6, 6.07) is 3.66. The molecular formula is C32H42O5. The second-order valence-electron chi connectivity index (χ2n) is 12.4. The highest BCUT2D eigenvalue weighted by Gasteiger charge is 2.34. The number of carbonyl (C=O) groups excluding carboxylic acids is 1. The molecule has 2 N–H and O–H groups in total. The van der Waals surface area contributed by atoms with Gasteiger partial charge in [-0.3, -0.25) is 4.79 Å². The van der Waals surface area contributed by atoms with E-state index in [0.29, 0.717) is 53.0 Å². The van der Waals surface area contributed by atoms with Gasteiger partial charge in [0.15, 0.2) is 17.3 Å². The van der Waals surface area contributed by atoms with Gasteiger partial charge in [-0.1, -0.05) is 23.3 Å². The summed E-state index contributed by atoms with van der Waals surface area (Å²) >= 11 is 0. The van der Waals surface area contributed by atoms with Crippen molar-refractivity contribution in [3.05, 3.63) is 68.8 Å². The Kier molecular flexibility index (Phi) is 7.88. The number of ketones is 1. The fraction of sp³-hybridized carbons (Fsp3) is 0.469. The third kappa shape index (κ3) is 6.57. The Morgan fingerprint density at radius 2 is 1.22 bits per heavy atom. The maximum absolute atomic E-state index is 14.0. The first-order valence-electron chi connectivity index (χ1n) is 12.9. The molecule has 0 fully saturated rings. The summed E-state index contributed by atoms with van der Waals surface area (Å²) in [6.07, 6.45) is 5.24. The van der Waals surface area contributed by atoms with Crippen molar-refractivity contribution >= 4 is 5.78 Å². The van der Waals surface area contributed by atoms with Crippen molar-refractivity contribution in [1.82, 2.24) is 0 Å². The van der Waals surface area contributed by atoms with Crippen molar-refractivity contribution in [3.8, 4) is 23.0 Å². The van der Waals surface area contributed by atoms with Crippen LogP contribution in [-0.2, 0) is 19.3 Å². The summed E-state index contributed by atoms with van der Waals surface area (Å²) in [5.74, 6) is 0.569. The van der Waals surface area contributed by atoms with Crippen LogP contribution in [0.5, 0.6) is 23.0 Å². The molecule has 1 aliphatic rings. The monoisotopic (exact) mass is 506 g/mol. The Hall–Kier alpha value is -3.21. The van der Waals surface area contributed by atoms with Crippen LogP contribution >= 0.6 is 0 Å². The van der Waals surface area contributed by atoms with Crippen LogP contribution in [0.4, 0.5) is 0 Å². The number of fused-ring (bicyclic) bond motifs is 2. The van der Waals surface area contributed by atoms with Gasteiger partial charge < -0.3 is 19.7 Å². The summed E-state index contributed by atoms with van der Waals surface area (Å²) < 4.78 is 12.4. The van der Waals surface area contributed by atoms with Crippen molar-refractivity contribution in [2.75, 3.05) is 0 Å². The van der Waals surface area contributed by atoms with E-state index >= 15 is 0 Å². The molecule has 5 heteroatoms. The van der Waals surface area contributed by atoms with E-state index in [0.717, 1.165) is 16.7 Å². The van der Waals surface area contributed by atoms with Gasteiger partial charge >= 0.3 is 0 Å². The number of hydrogen-bond acceptors (Lipinski definition) is 5. The number of phenolic OH excluding ortho intramolecular Hbond substituents is 2. The summed E-state index contributed by atoms with van der Waals surface area (Å²) in [7, 11) is 0. The standard InChI is InChI=1S/C32H42O5/c1-18(2)11-13-22-24(36-31(5,6)7)16-21-15-20-17-25(37-32(8,9)10)28(33)23(14-12-19(3)4)26(20)30(35)27(21)29(22)34/h11-12,16-17,33-34H,13-15H2,1-10H3. The van der Waals surface area contributed by atoms with E-state index in [4.69, 9.17) is 9.47 Å². The maximum Gasteiger partial charge on any atom is 0.197 e. The second kappa shape index (κ2) is 10.3. The van der Waals surface area contributed by atoms with E-state index in [-0.39, 0.29) is 22.8 Å². The minimum absolute atomic E-state index is 0.0279. The molecule has 0 saturated heterocycles. The third-order valence-corrected chi connectivity index (χ3v) is 5.99. The van der Waals surface area contributed by atoms with Crippen LogP contribution in [0.3, 0.4) is 0 Å². The van der Waals surface area contributed by atoms with Crippen molar-refractivity contribution in [2.45, 2.75) is 99.7 Å². The summed E-state index contributed by atoms with van der Waals surface area (Å²) in [5, 5.41) is 22.7. The topological polar surface area (TPSA) is 76.0 Å². The zero-order chi connectivity index (χ0) is 27.9. The number of benzene rings is 2. The van der Waals surface area contributed by atoms with E-state index in [1.807, 2.05) is 87.5 Å². The maximum atomic E-state index is 14.0. The SMILES string of the molecule is CC(C)=CCc1c(OC(C)(C)C)cc2c(c1O)C(=O)c1c(cc(OC(C)(C)C)c(O)c1CC=C(C)C)C2. The second-order valence-corrected chi connectivity index (χ2v) is 12.4. The van der Waals surface area contributed by atoms with E-state index in [9.17, 15) is 15.0 Å².